The Labute approximate surface area is 135 Å². The summed E-state index contributed by atoms with van der Waals surface area (Å²) in [5, 5.41) is 0. The minimum atomic E-state index is 1.07. The number of aryl methyl sites for hydroxylation is 1. The molecule has 0 heteroatoms. The van der Waals surface area contributed by atoms with E-state index < -0.39 is 0 Å². The third-order valence-electron chi connectivity index (χ3n) is 6.21. The number of hydrogen-bond acceptors (Lipinski definition) is 0. The molecule has 22 heavy (non-hydrogen) atoms. The lowest BCUT2D eigenvalue weighted by Crippen LogP contribution is -2.10. The number of hydrogen-bond donors (Lipinski definition) is 0. The summed E-state index contributed by atoms with van der Waals surface area (Å²) in [6.07, 6.45) is 19.6. The summed E-state index contributed by atoms with van der Waals surface area (Å²) < 4.78 is 0. The van der Waals surface area contributed by atoms with Gasteiger partial charge in [0.05, 0.1) is 0 Å². The first kappa shape index (κ1) is 14.3. The fraction of sp³-hybridized carbons (Fsp3) is 0.545. The van der Waals surface area contributed by atoms with Crippen LogP contribution in [0, 0.1) is 17.8 Å². The van der Waals surface area contributed by atoms with Crippen LogP contribution in [0.25, 0.3) is 5.57 Å². The van der Waals surface area contributed by atoms with Crippen LogP contribution in [0.1, 0.15) is 62.5 Å². The van der Waals surface area contributed by atoms with Gasteiger partial charge in [0.15, 0.2) is 0 Å². The van der Waals surface area contributed by atoms with Gasteiger partial charge in [0.2, 0.25) is 0 Å². The van der Waals surface area contributed by atoms with E-state index in [1.54, 1.807) is 12.8 Å². The molecular formula is C22H28. The quantitative estimate of drug-likeness (QED) is 0.608. The molecule has 2 bridgehead atoms. The van der Waals surface area contributed by atoms with Crippen molar-refractivity contribution < 1.29 is 0 Å². The van der Waals surface area contributed by atoms with Gasteiger partial charge in [0, 0.05) is 0 Å². The monoisotopic (exact) mass is 292 g/mol. The first-order valence-electron chi connectivity index (χ1n) is 9.34. The van der Waals surface area contributed by atoms with Crippen LogP contribution in [0.3, 0.4) is 0 Å². The minimum Gasteiger partial charge on any atom is -0.0836 e. The van der Waals surface area contributed by atoms with Crippen molar-refractivity contribution in [3.8, 4) is 0 Å². The van der Waals surface area contributed by atoms with Crippen molar-refractivity contribution >= 4 is 5.57 Å². The molecule has 2 saturated carbocycles. The van der Waals surface area contributed by atoms with Gasteiger partial charge in [-0.1, -0.05) is 48.9 Å². The fourth-order valence-electron chi connectivity index (χ4n) is 4.99. The van der Waals surface area contributed by atoms with E-state index in [0.717, 1.165) is 17.8 Å². The molecule has 4 rings (SSSR count). The molecule has 3 aliphatic rings. The standard InChI is InChI=1S/C22H28/c1-2-6-19(7-3-1)20-12-9-17(10-13-20)5-4-8-21-15-18-11-14-22(21)16-18/h2,6-7,9-10,12-13,18,21-22H,1,3-5,8,11,14-16H2. The molecule has 0 radical (unpaired) electrons. The molecule has 0 heterocycles. The molecular weight excluding hydrogens is 264 g/mol. The van der Waals surface area contributed by atoms with Gasteiger partial charge in [-0.3, -0.25) is 0 Å². The van der Waals surface area contributed by atoms with Gasteiger partial charge in [-0.25, -0.2) is 0 Å². The molecule has 0 amide bonds. The second kappa shape index (κ2) is 6.44. The average Bonchev–Trinajstić information content (AvgIpc) is 3.19. The third kappa shape index (κ3) is 3.07. The lowest BCUT2D eigenvalue weighted by Gasteiger charge is -2.21. The molecule has 3 unspecified atom stereocenters. The van der Waals surface area contributed by atoms with Crippen molar-refractivity contribution in [2.24, 2.45) is 17.8 Å². The zero-order valence-corrected chi connectivity index (χ0v) is 13.6. The topological polar surface area (TPSA) is 0 Å². The lowest BCUT2D eigenvalue weighted by atomic mass is 9.85. The molecule has 1 aromatic rings. The highest BCUT2D eigenvalue weighted by molar-refractivity contribution is 5.74. The van der Waals surface area contributed by atoms with Crippen LogP contribution in [0.2, 0.25) is 0 Å². The molecule has 0 saturated heterocycles. The van der Waals surface area contributed by atoms with Crippen molar-refractivity contribution in [1.82, 2.24) is 0 Å². The van der Waals surface area contributed by atoms with Gasteiger partial charge in [0.1, 0.15) is 0 Å². The number of allylic oxidation sites excluding steroid dienone is 4. The van der Waals surface area contributed by atoms with E-state index in [1.165, 1.54) is 61.6 Å². The molecule has 116 valence electrons. The van der Waals surface area contributed by atoms with Gasteiger partial charge < -0.3 is 0 Å². The van der Waals surface area contributed by atoms with Crippen LogP contribution in [0.5, 0.6) is 0 Å². The fourth-order valence-corrected chi connectivity index (χ4v) is 4.99. The van der Waals surface area contributed by atoms with Gasteiger partial charge in [-0.15, -0.1) is 0 Å². The van der Waals surface area contributed by atoms with Crippen LogP contribution in [0.4, 0.5) is 0 Å². The summed E-state index contributed by atoms with van der Waals surface area (Å²) in [6.45, 7) is 0. The van der Waals surface area contributed by atoms with E-state index in [2.05, 4.69) is 42.5 Å². The van der Waals surface area contributed by atoms with Crippen molar-refractivity contribution in [1.29, 1.82) is 0 Å². The van der Waals surface area contributed by atoms with Crippen LogP contribution in [0.15, 0.2) is 42.5 Å². The smallest absolute Gasteiger partial charge is 0.0187 e. The molecule has 3 atom stereocenters. The van der Waals surface area contributed by atoms with Crippen LogP contribution >= 0.6 is 0 Å². The molecule has 0 spiro atoms. The predicted octanol–water partition coefficient (Wildman–Crippen LogP) is 6.18. The van der Waals surface area contributed by atoms with E-state index in [1.807, 2.05) is 0 Å². The van der Waals surface area contributed by atoms with Crippen molar-refractivity contribution in [3.05, 3.63) is 53.6 Å². The molecule has 1 aromatic carbocycles. The maximum absolute atomic E-state index is 2.37. The molecule has 0 aliphatic heterocycles. The largest absolute Gasteiger partial charge is 0.0836 e. The Kier molecular flexibility index (Phi) is 4.19. The van der Waals surface area contributed by atoms with Crippen molar-refractivity contribution in [2.75, 3.05) is 0 Å². The predicted molar refractivity (Wildman–Crippen MR) is 94.7 cm³/mol. The maximum atomic E-state index is 2.37. The van der Waals surface area contributed by atoms with Crippen LogP contribution in [-0.2, 0) is 6.42 Å². The van der Waals surface area contributed by atoms with E-state index in [0.29, 0.717) is 0 Å². The first-order chi connectivity index (χ1) is 10.9. The normalized spacial score (nSPS) is 29.8. The summed E-state index contributed by atoms with van der Waals surface area (Å²) in [7, 11) is 0. The Morgan fingerprint density at radius 3 is 2.55 bits per heavy atom. The second-order valence-electron chi connectivity index (χ2n) is 7.66. The highest BCUT2D eigenvalue weighted by Gasteiger charge is 2.38. The zero-order chi connectivity index (χ0) is 14.8. The summed E-state index contributed by atoms with van der Waals surface area (Å²) in [5.41, 5.74) is 4.31. The molecule has 3 aliphatic carbocycles. The van der Waals surface area contributed by atoms with E-state index >= 15 is 0 Å². The van der Waals surface area contributed by atoms with Crippen LogP contribution < -0.4 is 0 Å². The van der Waals surface area contributed by atoms with Crippen molar-refractivity contribution in [3.63, 3.8) is 0 Å². The Morgan fingerprint density at radius 1 is 0.955 bits per heavy atom. The Morgan fingerprint density at radius 2 is 1.86 bits per heavy atom. The third-order valence-corrected chi connectivity index (χ3v) is 6.21. The van der Waals surface area contributed by atoms with Crippen LogP contribution in [-0.4, -0.2) is 0 Å². The van der Waals surface area contributed by atoms with Gasteiger partial charge in [0.25, 0.3) is 0 Å². The summed E-state index contributed by atoms with van der Waals surface area (Å²) in [6, 6.07) is 9.32. The molecule has 0 aromatic heterocycles. The van der Waals surface area contributed by atoms with E-state index in [4.69, 9.17) is 0 Å². The zero-order valence-electron chi connectivity index (χ0n) is 13.6. The van der Waals surface area contributed by atoms with Gasteiger partial charge in [-0.05, 0) is 85.8 Å². The number of benzene rings is 1. The summed E-state index contributed by atoms with van der Waals surface area (Å²) in [4.78, 5) is 0. The van der Waals surface area contributed by atoms with Crippen molar-refractivity contribution in [2.45, 2.75) is 57.8 Å². The SMILES string of the molecule is C1=CC(c2ccc(CCCC3CC4CCC3C4)cc2)=CCC1. The minimum absolute atomic E-state index is 1.07. The average molecular weight is 292 g/mol. The Hall–Kier alpha value is -1.30. The molecule has 0 nitrogen and oxygen atoms in total. The Balaban J connectivity index is 1.28. The molecule has 0 N–H and O–H groups in total. The van der Waals surface area contributed by atoms with Gasteiger partial charge >= 0.3 is 0 Å². The summed E-state index contributed by atoms with van der Waals surface area (Å²) in [5.74, 6) is 3.26. The second-order valence-corrected chi connectivity index (χ2v) is 7.66. The highest BCUT2D eigenvalue weighted by Crippen LogP contribution is 2.49. The number of rotatable bonds is 5. The lowest BCUT2D eigenvalue weighted by molar-refractivity contribution is 0.308. The highest BCUT2D eigenvalue weighted by atomic mass is 14.4. The van der Waals surface area contributed by atoms with E-state index in [9.17, 15) is 0 Å². The van der Waals surface area contributed by atoms with E-state index in [-0.39, 0.29) is 0 Å². The Bertz CT molecular complexity index is 560. The first-order valence-corrected chi connectivity index (χ1v) is 9.34. The van der Waals surface area contributed by atoms with Gasteiger partial charge in [-0.2, -0.15) is 0 Å². The molecule has 2 fully saturated rings. The maximum Gasteiger partial charge on any atom is -0.0187 e. The summed E-state index contributed by atoms with van der Waals surface area (Å²) >= 11 is 0. The number of fused-ring (bicyclic) bond motifs is 2.